The van der Waals surface area contributed by atoms with Crippen LogP contribution in [0.1, 0.15) is 38.8 Å². The summed E-state index contributed by atoms with van der Waals surface area (Å²) in [4.78, 5) is 14.7. The van der Waals surface area contributed by atoms with E-state index >= 15 is 0 Å². The molecular formula is C19H28FN3O2. The number of carbonyl (C=O) groups excluding carboxylic acids is 1. The Morgan fingerprint density at radius 3 is 2.64 bits per heavy atom. The second-order valence-corrected chi connectivity index (χ2v) is 7.55. The van der Waals surface area contributed by atoms with Gasteiger partial charge in [-0.3, -0.25) is 4.90 Å². The van der Waals surface area contributed by atoms with Crippen LogP contribution in [0, 0.1) is 11.7 Å². The van der Waals surface area contributed by atoms with E-state index in [1.165, 1.54) is 12.1 Å². The lowest BCUT2D eigenvalue weighted by Gasteiger charge is -2.36. The molecule has 0 aromatic heterocycles. The molecule has 2 saturated heterocycles. The standard InChI is InChI=1S/C19H28FN3O2/c1-12(2)18-10-23-9-16(8-17(23)11-25-18)22-19(24)21-13(3)14-4-6-15(20)7-5-14/h4-7,12-13,16-18H,8-11H2,1-3H3,(H2,21,22,24)/t13-,16-,17+,18+/m1/s1. The molecule has 5 nitrogen and oxygen atoms in total. The molecule has 2 fully saturated rings. The van der Waals surface area contributed by atoms with Gasteiger partial charge in [-0.2, -0.15) is 0 Å². The molecule has 2 N–H and O–H groups in total. The predicted molar refractivity (Wildman–Crippen MR) is 94.8 cm³/mol. The molecular weight excluding hydrogens is 321 g/mol. The number of rotatable bonds is 4. The van der Waals surface area contributed by atoms with Gasteiger partial charge in [-0.25, -0.2) is 9.18 Å². The Kier molecular flexibility index (Phi) is 5.59. The van der Waals surface area contributed by atoms with E-state index in [9.17, 15) is 9.18 Å². The zero-order valence-electron chi connectivity index (χ0n) is 15.2. The molecule has 25 heavy (non-hydrogen) atoms. The number of benzene rings is 1. The van der Waals surface area contributed by atoms with Crippen LogP contribution in [-0.4, -0.2) is 48.8 Å². The summed E-state index contributed by atoms with van der Waals surface area (Å²) in [6, 6.07) is 6.40. The van der Waals surface area contributed by atoms with E-state index in [-0.39, 0.29) is 30.0 Å². The molecule has 2 aliphatic heterocycles. The molecule has 0 bridgehead atoms. The number of hydrogen-bond acceptors (Lipinski definition) is 3. The van der Waals surface area contributed by atoms with Crippen LogP contribution < -0.4 is 10.6 Å². The first-order valence-corrected chi connectivity index (χ1v) is 9.10. The highest BCUT2D eigenvalue weighted by Gasteiger charge is 2.38. The first-order chi connectivity index (χ1) is 11.9. The van der Waals surface area contributed by atoms with Crippen molar-refractivity contribution in [3.05, 3.63) is 35.6 Å². The Labute approximate surface area is 148 Å². The number of fused-ring (bicyclic) bond motifs is 1. The number of carbonyl (C=O) groups is 1. The summed E-state index contributed by atoms with van der Waals surface area (Å²) >= 11 is 0. The average Bonchev–Trinajstić information content (AvgIpc) is 2.96. The first-order valence-electron chi connectivity index (χ1n) is 9.10. The molecule has 2 amide bonds. The number of nitrogens with one attached hydrogen (secondary N) is 2. The van der Waals surface area contributed by atoms with Crippen LogP contribution >= 0.6 is 0 Å². The van der Waals surface area contributed by atoms with Gasteiger partial charge in [0.2, 0.25) is 0 Å². The van der Waals surface area contributed by atoms with Gasteiger partial charge in [0.1, 0.15) is 5.82 Å². The van der Waals surface area contributed by atoms with Gasteiger partial charge in [-0.1, -0.05) is 26.0 Å². The maximum absolute atomic E-state index is 13.0. The molecule has 2 heterocycles. The largest absolute Gasteiger partial charge is 0.375 e. The van der Waals surface area contributed by atoms with Crippen LogP contribution in [-0.2, 0) is 4.74 Å². The van der Waals surface area contributed by atoms with Crippen molar-refractivity contribution >= 4 is 6.03 Å². The zero-order valence-corrected chi connectivity index (χ0v) is 15.2. The number of ether oxygens (including phenoxy) is 1. The molecule has 0 spiro atoms. The minimum absolute atomic E-state index is 0.139. The third-order valence-electron chi connectivity index (χ3n) is 5.24. The summed E-state index contributed by atoms with van der Waals surface area (Å²) < 4.78 is 18.9. The molecule has 0 aliphatic carbocycles. The van der Waals surface area contributed by atoms with Crippen molar-refractivity contribution in [3.63, 3.8) is 0 Å². The van der Waals surface area contributed by atoms with Gasteiger partial charge in [-0.15, -0.1) is 0 Å². The Balaban J connectivity index is 1.48. The molecule has 4 atom stereocenters. The van der Waals surface area contributed by atoms with Gasteiger partial charge in [0, 0.05) is 25.2 Å². The Bertz CT molecular complexity index is 593. The monoisotopic (exact) mass is 349 g/mol. The van der Waals surface area contributed by atoms with Crippen molar-refractivity contribution in [1.29, 1.82) is 0 Å². The first kappa shape index (κ1) is 18.1. The fraction of sp³-hybridized carbons (Fsp3) is 0.632. The van der Waals surface area contributed by atoms with Crippen LogP contribution in [0.4, 0.5) is 9.18 Å². The number of halogens is 1. The van der Waals surface area contributed by atoms with Crippen LogP contribution in [0.15, 0.2) is 24.3 Å². The van der Waals surface area contributed by atoms with Gasteiger partial charge in [0.05, 0.1) is 18.8 Å². The summed E-state index contributed by atoms with van der Waals surface area (Å²) in [6.45, 7) is 8.81. The number of urea groups is 1. The molecule has 138 valence electrons. The van der Waals surface area contributed by atoms with E-state index in [0.717, 1.165) is 31.7 Å². The quantitative estimate of drug-likeness (QED) is 0.879. The van der Waals surface area contributed by atoms with Crippen molar-refractivity contribution in [3.8, 4) is 0 Å². The molecule has 3 rings (SSSR count). The lowest BCUT2D eigenvalue weighted by molar-refractivity contribution is -0.0683. The SMILES string of the molecule is CC(C)[C@@H]1CN2C[C@H](NC(=O)N[C@H](C)c3ccc(F)cc3)C[C@H]2CO1. The number of nitrogens with zero attached hydrogens (tertiary/aromatic N) is 1. The fourth-order valence-corrected chi connectivity index (χ4v) is 3.67. The second-order valence-electron chi connectivity index (χ2n) is 7.55. The van der Waals surface area contributed by atoms with E-state index in [1.54, 1.807) is 12.1 Å². The van der Waals surface area contributed by atoms with Gasteiger partial charge < -0.3 is 15.4 Å². The molecule has 0 saturated carbocycles. The van der Waals surface area contributed by atoms with Gasteiger partial charge in [0.15, 0.2) is 0 Å². The van der Waals surface area contributed by atoms with Crippen molar-refractivity contribution < 1.29 is 13.9 Å². The average molecular weight is 349 g/mol. The fourth-order valence-electron chi connectivity index (χ4n) is 3.67. The summed E-state index contributed by atoms with van der Waals surface area (Å²) in [5.74, 6) is 0.234. The molecule has 2 aliphatic rings. The highest BCUT2D eigenvalue weighted by molar-refractivity contribution is 5.74. The van der Waals surface area contributed by atoms with E-state index in [4.69, 9.17) is 4.74 Å². The van der Waals surface area contributed by atoms with Crippen molar-refractivity contribution in [2.75, 3.05) is 19.7 Å². The smallest absolute Gasteiger partial charge is 0.315 e. The van der Waals surface area contributed by atoms with Crippen LogP contribution in [0.25, 0.3) is 0 Å². The Hall–Kier alpha value is -1.66. The van der Waals surface area contributed by atoms with Crippen molar-refractivity contribution in [1.82, 2.24) is 15.5 Å². The normalized spacial score (nSPS) is 27.8. The predicted octanol–water partition coefficient (Wildman–Crippen LogP) is 2.68. The summed E-state index contributed by atoms with van der Waals surface area (Å²) in [5, 5.41) is 6.00. The summed E-state index contributed by atoms with van der Waals surface area (Å²) in [6.07, 6.45) is 1.20. The number of amides is 2. The third kappa shape index (κ3) is 4.50. The maximum atomic E-state index is 13.0. The molecule has 1 aromatic carbocycles. The lowest BCUT2D eigenvalue weighted by atomic mass is 10.0. The maximum Gasteiger partial charge on any atom is 0.315 e. The topological polar surface area (TPSA) is 53.6 Å². The van der Waals surface area contributed by atoms with Gasteiger partial charge in [-0.05, 0) is 37.0 Å². The van der Waals surface area contributed by atoms with E-state index in [1.807, 2.05) is 6.92 Å². The Morgan fingerprint density at radius 2 is 1.96 bits per heavy atom. The van der Waals surface area contributed by atoms with Crippen LogP contribution in [0.5, 0.6) is 0 Å². The second kappa shape index (κ2) is 7.70. The van der Waals surface area contributed by atoms with Crippen LogP contribution in [0.2, 0.25) is 0 Å². The minimum atomic E-state index is -0.273. The Morgan fingerprint density at radius 1 is 1.24 bits per heavy atom. The highest BCUT2D eigenvalue weighted by atomic mass is 19.1. The third-order valence-corrected chi connectivity index (χ3v) is 5.24. The summed E-state index contributed by atoms with van der Waals surface area (Å²) in [7, 11) is 0. The van der Waals surface area contributed by atoms with Gasteiger partial charge in [0.25, 0.3) is 0 Å². The number of hydrogen-bond donors (Lipinski definition) is 2. The zero-order chi connectivity index (χ0) is 18.0. The summed E-state index contributed by atoms with van der Waals surface area (Å²) in [5.41, 5.74) is 0.883. The van der Waals surface area contributed by atoms with Gasteiger partial charge >= 0.3 is 6.03 Å². The van der Waals surface area contributed by atoms with Crippen LogP contribution in [0.3, 0.4) is 0 Å². The molecule has 0 radical (unpaired) electrons. The molecule has 0 unspecified atom stereocenters. The lowest BCUT2D eigenvalue weighted by Crippen LogP contribution is -2.48. The number of morpholine rings is 1. The van der Waals surface area contributed by atoms with E-state index in [2.05, 4.69) is 29.4 Å². The van der Waals surface area contributed by atoms with Crippen molar-refractivity contribution in [2.45, 2.75) is 51.4 Å². The van der Waals surface area contributed by atoms with E-state index in [0.29, 0.717) is 12.0 Å². The minimum Gasteiger partial charge on any atom is -0.375 e. The van der Waals surface area contributed by atoms with Crippen molar-refractivity contribution in [2.24, 2.45) is 5.92 Å². The molecule has 1 aromatic rings. The molecule has 6 heteroatoms. The highest BCUT2D eigenvalue weighted by Crippen LogP contribution is 2.25. The van der Waals surface area contributed by atoms with E-state index < -0.39 is 0 Å².